The largest absolute Gasteiger partial charge is 0.324 e. The Bertz CT molecular complexity index is 1180. The number of rotatable bonds is 4. The molecule has 1 fully saturated rings. The lowest BCUT2D eigenvalue weighted by Gasteiger charge is -2.16. The zero-order valence-corrected chi connectivity index (χ0v) is 15.0. The number of carbonyl (C=O) groups is 2. The highest BCUT2D eigenvalue weighted by Gasteiger charge is 2.21. The standard InChI is InChI=1S/C20H18N4O4/c25-17(12-24-20(28)16-5-2-1-4-15(16)19(27)22-24)21-13-7-9-14(10-8-13)23-11-3-6-18(23)26/h1-2,4-5,7-10H,3,6,11-12H2,(H,21,25)(H,22,27). The summed E-state index contributed by atoms with van der Waals surface area (Å²) in [6.45, 7) is 0.383. The fraction of sp³-hybridized carbons (Fsp3) is 0.200. The van der Waals surface area contributed by atoms with E-state index in [0.717, 1.165) is 16.8 Å². The molecule has 2 aromatic carbocycles. The molecule has 0 radical (unpaired) electrons. The molecule has 0 bridgehead atoms. The summed E-state index contributed by atoms with van der Waals surface area (Å²) < 4.78 is 0.997. The van der Waals surface area contributed by atoms with Crippen LogP contribution in [0.5, 0.6) is 0 Å². The Hall–Kier alpha value is -3.68. The number of carbonyl (C=O) groups excluding carboxylic acids is 2. The van der Waals surface area contributed by atoms with E-state index in [2.05, 4.69) is 10.4 Å². The minimum atomic E-state index is -0.446. The topological polar surface area (TPSA) is 104 Å². The van der Waals surface area contributed by atoms with Crippen molar-refractivity contribution in [2.75, 3.05) is 16.8 Å². The summed E-state index contributed by atoms with van der Waals surface area (Å²) >= 11 is 0. The number of hydrogen-bond donors (Lipinski definition) is 2. The van der Waals surface area contributed by atoms with Crippen molar-refractivity contribution in [2.24, 2.45) is 0 Å². The van der Waals surface area contributed by atoms with Crippen molar-refractivity contribution in [2.45, 2.75) is 19.4 Å². The van der Waals surface area contributed by atoms with Gasteiger partial charge in [0, 0.05) is 24.3 Å². The Kier molecular flexibility index (Phi) is 4.52. The molecule has 0 saturated carbocycles. The first-order valence-corrected chi connectivity index (χ1v) is 8.95. The Morgan fingerprint density at radius 3 is 2.39 bits per heavy atom. The number of amides is 2. The van der Waals surface area contributed by atoms with Gasteiger partial charge in [0.1, 0.15) is 6.54 Å². The molecule has 1 aromatic heterocycles. The van der Waals surface area contributed by atoms with E-state index in [1.807, 2.05) is 0 Å². The van der Waals surface area contributed by atoms with Crippen molar-refractivity contribution in [3.63, 3.8) is 0 Å². The average Bonchev–Trinajstić information content (AvgIpc) is 3.12. The summed E-state index contributed by atoms with van der Waals surface area (Å²) in [6, 6.07) is 13.4. The van der Waals surface area contributed by atoms with Gasteiger partial charge in [-0.15, -0.1) is 0 Å². The maximum Gasteiger partial charge on any atom is 0.273 e. The Morgan fingerprint density at radius 2 is 1.71 bits per heavy atom. The Balaban J connectivity index is 1.50. The quantitative estimate of drug-likeness (QED) is 0.717. The van der Waals surface area contributed by atoms with Crippen LogP contribution in [0.2, 0.25) is 0 Å². The van der Waals surface area contributed by atoms with Gasteiger partial charge in [0.25, 0.3) is 11.1 Å². The van der Waals surface area contributed by atoms with Crippen molar-refractivity contribution in [1.82, 2.24) is 9.78 Å². The average molecular weight is 378 g/mol. The highest BCUT2D eigenvalue weighted by atomic mass is 16.2. The van der Waals surface area contributed by atoms with Gasteiger partial charge in [-0.05, 0) is 42.8 Å². The van der Waals surface area contributed by atoms with E-state index in [-0.39, 0.29) is 23.2 Å². The maximum absolute atomic E-state index is 12.5. The minimum Gasteiger partial charge on any atom is -0.324 e. The van der Waals surface area contributed by atoms with Crippen molar-refractivity contribution >= 4 is 34.0 Å². The van der Waals surface area contributed by atoms with Gasteiger partial charge in [0.2, 0.25) is 11.8 Å². The van der Waals surface area contributed by atoms with Crippen LogP contribution in [0.1, 0.15) is 12.8 Å². The van der Waals surface area contributed by atoms with Gasteiger partial charge in [0.15, 0.2) is 0 Å². The molecule has 0 aliphatic carbocycles. The van der Waals surface area contributed by atoms with Crippen molar-refractivity contribution in [3.8, 4) is 0 Å². The van der Waals surface area contributed by atoms with Crippen molar-refractivity contribution in [3.05, 3.63) is 69.2 Å². The van der Waals surface area contributed by atoms with Gasteiger partial charge < -0.3 is 10.2 Å². The van der Waals surface area contributed by atoms with Gasteiger partial charge in [-0.3, -0.25) is 24.3 Å². The molecule has 1 saturated heterocycles. The van der Waals surface area contributed by atoms with E-state index in [9.17, 15) is 19.2 Å². The third-order valence-electron chi connectivity index (χ3n) is 4.72. The van der Waals surface area contributed by atoms with Crippen LogP contribution < -0.4 is 21.3 Å². The first-order chi connectivity index (χ1) is 13.5. The fourth-order valence-corrected chi connectivity index (χ4v) is 3.35. The number of fused-ring (bicyclic) bond motifs is 1. The van der Waals surface area contributed by atoms with Crippen molar-refractivity contribution < 1.29 is 9.59 Å². The molecule has 2 heterocycles. The van der Waals surface area contributed by atoms with Gasteiger partial charge in [-0.1, -0.05) is 12.1 Å². The van der Waals surface area contributed by atoms with Crippen LogP contribution in [-0.2, 0) is 16.1 Å². The van der Waals surface area contributed by atoms with E-state index in [0.29, 0.717) is 18.7 Å². The number of benzene rings is 2. The Labute approximate surface area is 159 Å². The second-order valence-corrected chi connectivity index (χ2v) is 6.62. The van der Waals surface area contributed by atoms with E-state index in [1.165, 1.54) is 0 Å². The second kappa shape index (κ2) is 7.15. The summed E-state index contributed by atoms with van der Waals surface area (Å²) in [5.41, 5.74) is 0.461. The predicted octanol–water partition coefficient (Wildman–Crippen LogP) is 1.46. The molecular formula is C20H18N4O4. The molecule has 4 rings (SSSR count). The third-order valence-corrected chi connectivity index (χ3v) is 4.72. The molecule has 28 heavy (non-hydrogen) atoms. The smallest absolute Gasteiger partial charge is 0.273 e. The minimum absolute atomic E-state index is 0.0939. The number of nitrogens with zero attached hydrogens (tertiary/aromatic N) is 2. The number of hydrogen-bond acceptors (Lipinski definition) is 4. The number of nitrogens with one attached hydrogen (secondary N) is 2. The van der Waals surface area contributed by atoms with Gasteiger partial charge in [0.05, 0.1) is 10.8 Å². The SMILES string of the molecule is O=C(Cn1[nH]c(=O)c2ccccc2c1=O)Nc1ccc(N2CCCC2=O)cc1. The summed E-state index contributed by atoms with van der Waals surface area (Å²) in [7, 11) is 0. The summed E-state index contributed by atoms with van der Waals surface area (Å²) in [6.07, 6.45) is 1.40. The summed E-state index contributed by atoms with van der Waals surface area (Å²) in [4.78, 5) is 50.4. The highest BCUT2D eigenvalue weighted by Crippen LogP contribution is 2.23. The van der Waals surface area contributed by atoms with Crippen LogP contribution >= 0.6 is 0 Å². The van der Waals surface area contributed by atoms with Crippen LogP contribution in [0.15, 0.2) is 58.1 Å². The summed E-state index contributed by atoms with van der Waals surface area (Å²) in [5.74, 6) is -0.352. The van der Waals surface area contributed by atoms with E-state index >= 15 is 0 Å². The zero-order valence-electron chi connectivity index (χ0n) is 15.0. The molecule has 3 aromatic rings. The zero-order chi connectivity index (χ0) is 19.7. The van der Waals surface area contributed by atoms with Crippen molar-refractivity contribution in [1.29, 1.82) is 0 Å². The molecule has 2 N–H and O–H groups in total. The molecule has 8 heteroatoms. The summed E-state index contributed by atoms with van der Waals surface area (Å²) in [5, 5.41) is 5.67. The first kappa shape index (κ1) is 17.7. The van der Waals surface area contributed by atoms with Gasteiger partial charge in [-0.2, -0.15) is 0 Å². The van der Waals surface area contributed by atoms with Crippen LogP contribution in [-0.4, -0.2) is 28.1 Å². The van der Waals surface area contributed by atoms with Gasteiger partial charge >= 0.3 is 0 Å². The van der Waals surface area contributed by atoms with Crippen LogP contribution in [0, 0.1) is 0 Å². The first-order valence-electron chi connectivity index (χ1n) is 8.95. The number of aromatic amines is 1. The second-order valence-electron chi connectivity index (χ2n) is 6.62. The third kappa shape index (κ3) is 3.32. The van der Waals surface area contributed by atoms with Gasteiger partial charge in [-0.25, -0.2) is 4.68 Å². The van der Waals surface area contributed by atoms with E-state index in [4.69, 9.17) is 0 Å². The Morgan fingerprint density at radius 1 is 1.00 bits per heavy atom. The molecule has 0 atom stereocenters. The molecule has 1 aliphatic heterocycles. The molecular weight excluding hydrogens is 360 g/mol. The monoisotopic (exact) mass is 378 g/mol. The number of aromatic nitrogens is 2. The fourth-order valence-electron chi connectivity index (χ4n) is 3.35. The number of anilines is 2. The van der Waals surface area contributed by atoms with E-state index < -0.39 is 17.0 Å². The molecule has 0 unspecified atom stereocenters. The van der Waals surface area contributed by atoms with E-state index in [1.54, 1.807) is 53.4 Å². The van der Waals surface area contributed by atoms with Crippen LogP contribution in [0.4, 0.5) is 11.4 Å². The normalized spacial score (nSPS) is 13.9. The highest BCUT2D eigenvalue weighted by molar-refractivity contribution is 5.96. The molecule has 0 spiro atoms. The van der Waals surface area contributed by atoms with Crippen LogP contribution in [0.3, 0.4) is 0 Å². The molecule has 1 aliphatic rings. The molecule has 2 amide bonds. The lowest BCUT2D eigenvalue weighted by Crippen LogP contribution is -2.34. The lowest BCUT2D eigenvalue weighted by atomic mass is 10.2. The predicted molar refractivity (Wildman–Crippen MR) is 105 cm³/mol. The lowest BCUT2D eigenvalue weighted by molar-refractivity contribution is -0.117. The molecule has 8 nitrogen and oxygen atoms in total. The maximum atomic E-state index is 12.5. The molecule has 142 valence electrons. The number of H-pyrrole nitrogens is 1. The van der Waals surface area contributed by atoms with Crippen LogP contribution in [0.25, 0.3) is 10.8 Å².